The largest absolute Gasteiger partial charge is 0.151 e. The lowest BCUT2D eigenvalue weighted by molar-refractivity contribution is 1.23. The zero-order valence-electron chi connectivity index (χ0n) is 15.2. The molecule has 136 valence electrons. The first-order chi connectivity index (χ1) is 13.8. The van der Waals surface area contributed by atoms with Gasteiger partial charge in [0.15, 0.2) is 0 Å². The average Bonchev–Trinajstić information content (AvgIpc) is 2.79. The number of rotatable bonds is 5. The fraction of sp³-hybridized carbons (Fsp3) is 0. The molecule has 4 rings (SSSR count). The van der Waals surface area contributed by atoms with Crippen LogP contribution in [0, 0.1) is 0 Å². The van der Waals surface area contributed by atoms with Crippen LogP contribution in [0.3, 0.4) is 0 Å². The quantitative estimate of drug-likeness (QED) is 0.305. The second kappa shape index (κ2) is 8.43. The van der Waals surface area contributed by atoms with Crippen molar-refractivity contribution >= 4 is 45.1 Å². The maximum absolute atomic E-state index is 6.34. The van der Waals surface area contributed by atoms with Gasteiger partial charge in [-0.25, -0.2) is 0 Å². The first-order valence-corrected chi connectivity index (χ1v) is 11.9. The Morgan fingerprint density at radius 2 is 0.786 bits per heavy atom. The molecule has 28 heavy (non-hydrogen) atoms. The molecule has 0 aliphatic carbocycles. The summed E-state index contributed by atoms with van der Waals surface area (Å²) in [5.41, 5.74) is 1.65. The Morgan fingerprint density at radius 1 is 0.429 bits per heavy atom. The summed E-state index contributed by atoms with van der Waals surface area (Å²) >= 11 is 6.34. The van der Waals surface area contributed by atoms with Crippen LogP contribution < -0.4 is 15.9 Å². The van der Waals surface area contributed by atoms with Crippen molar-refractivity contribution in [3.05, 3.63) is 115 Å². The summed E-state index contributed by atoms with van der Waals surface area (Å²) in [6, 6.07) is 36.6. The van der Waals surface area contributed by atoms with E-state index in [4.69, 9.17) is 11.8 Å². The first kappa shape index (κ1) is 18.5. The van der Waals surface area contributed by atoms with Gasteiger partial charge < -0.3 is 0 Å². The minimum absolute atomic E-state index is 0.815. The zero-order valence-corrected chi connectivity index (χ0v) is 16.9. The smallest absolute Gasteiger partial charge is 0.0857 e. The number of nitrogens with zero attached hydrogens (tertiary/aromatic N) is 2. The maximum Gasteiger partial charge on any atom is 0.0857 e. The summed E-state index contributed by atoms with van der Waals surface area (Å²) in [6.45, 7) is 0. The van der Waals surface area contributed by atoms with Crippen molar-refractivity contribution in [2.45, 2.75) is 0 Å². The van der Waals surface area contributed by atoms with Crippen molar-refractivity contribution in [1.29, 1.82) is 0 Å². The molecule has 0 aromatic heterocycles. The molecule has 0 atom stereocenters. The van der Waals surface area contributed by atoms with E-state index in [9.17, 15) is 0 Å². The Bertz CT molecular complexity index is 1070. The molecule has 0 aliphatic heterocycles. The molecular weight excluding hydrogens is 379 g/mol. The van der Waals surface area contributed by atoms with Gasteiger partial charge in [-0.15, -0.1) is 0 Å². The zero-order chi connectivity index (χ0) is 19.2. The Balaban J connectivity index is 1.72. The summed E-state index contributed by atoms with van der Waals surface area (Å²) in [7, 11) is 0. The van der Waals surface area contributed by atoms with Crippen molar-refractivity contribution in [1.82, 2.24) is 0 Å². The average molecular weight is 398 g/mol. The van der Waals surface area contributed by atoms with Crippen LogP contribution in [-0.2, 0) is 11.8 Å². The minimum Gasteiger partial charge on any atom is -0.151 e. The lowest BCUT2D eigenvalue weighted by atomic mass is 10.3. The van der Waals surface area contributed by atoms with Crippen LogP contribution in [0.15, 0.2) is 125 Å². The van der Waals surface area contributed by atoms with E-state index in [2.05, 4.69) is 70.9 Å². The molecule has 0 fully saturated rings. The van der Waals surface area contributed by atoms with Crippen molar-refractivity contribution < 1.29 is 0 Å². The van der Waals surface area contributed by atoms with Crippen LogP contribution in [-0.4, -0.2) is 0 Å². The molecule has 0 saturated carbocycles. The fourth-order valence-corrected chi connectivity index (χ4v) is 6.81. The summed E-state index contributed by atoms with van der Waals surface area (Å²) < 4.78 is 0. The highest BCUT2D eigenvalue weighted by Gasteiger charge is 2.24. The molecule has 0 bridgehead atoms. The van der Waals surface area contributed by atoms with Crippen LogP contribution in [0.2, 0.25) is 0 Å². The predicted molar refractivity (Wildman–Crippen MR) is 123 cm³/mol. The van der Waals surface area contributed by atoms with Gasteiger partial charge in [-0.1, -0.05) is 103 Å². The molecule has 0 unspecified atom stereocenters. The molecule has 4 aromatic rings. The number of hydrogen-bond donors (Lipinski definition) is 0. The van der Waals surface area contributed by atoms with Crippen LogP contribution in [0.5, 0.6) is 0 Å². The van der Waals surface area contributed by atoms with E-state index >= 15 is 0 Å². The molecule has 0 saturated heterocycles. The van der Waals surface area contributed by atoms with Crippen LogP contribution >= 0.6 is 6.04 Å². The molecule has 2 nitrogen and oxygen atoms in total. The second-order valence-corrected chi connectivity index (χ2v) is 10.7. The van der Waals surface area contributed by atoms with E-state index in [0.29, 0.717) is 0 Å². The summed E-state index contributed by atoms with van der Waals surface area (Å²) in [5, 5.41) is 12.2. The Kier molecular flexibility index (Phi) is 5.57. The van der Waals surface area contributed by atoms with Gasteiger partial charge in [0.1, 0.15) is 0 Å². The Labute approximate surface area is 170 Å². The standard InChI is InChI=1S/C24H19N2PS/c28-27(22-12-6-2-7-13-22,23-14-8-3-9-15-23)24-18-16-21(17-19-24)26-25-20-10-4-1-5-11-20/h1-19H. The van der Waals surface area contributed by atoms with Gasteiger partial charge in [-0.3, -0.25) is 0 Å². The second-order valence-electron chi connectivity index (χ2n) is 6.33. The third-order valence-corrected chi connectivity index (χ3v) is 9.46. The number of azo groups is 1. The van der Waals surface area contributed by atoms with E-state index < -0.39 is 6.04 Å². The Hall–Kier alpha value is -2.87. The first-order valence-electron chi connectivity index (χ1n) is 9.05. The van der Waals surface area contributed by atoms with Crippen LogP contribution in [0.25, 0.3) is 0 Å². The van der Waals surface area contributed by atoms with Crippen molar-refractivity contribution in [2.75, 3.05) is 0 Å². The van der Waals surface area contributed by atoms with Crippen LogP contribution in [0.4, 0.5) is 11.4 Å². The van der Waals surface area contributed by atoms with Crippen molar-refractivity contribution in [2.24, 2.45) is 10.2 Å². The molecule has 4 aromatic carbocycles. The van der Waals surface area contributed by atoms with E-state index in [0.717, 1.165) is 16.7 Å². The highest BCUT2D eigenvalue weighted by Crippen LogP contribution is 2.42. The predicted octanol–water partition coefficient (Wildman–Crippen LogP) is 5.86. The molecule has 0 spiro atoms. The van der Waals surface area contributed by atoms with E-state index in [-0.39, 0.29) is 0 Å². The fourth-order valence-electron chi connectivity index (χ4n) is 3.06. The summed E-state index contributed by atoms with van der Waals surface area (Å²) in [5.74, 6) is 0. The van der Waals surface area contributed by atoms with Gasteiger partial charge in [0, 0.05) is 6.04 Å². The molecule has 0 radical (unpaired) electrons. The van der Waals surface area contributed by atoms with Gasteiger partial charge in [-0.05, 0) is 40.2 Å². The highest BCUT2D eigenvalue weighted by molar-refractivity contribution is 8.25. The van der Waals surface area contributed by atoms with Gasteiger partial charge in [0.25, 0.3) is 0 Å². The van der Waals surface area contributed by atoms with Crippen molar-refractivity contribution in [3.8, 4) is 0 Å². The maximum atomic E-state index is 6.34. The molecule has 4 heteroatoms. The van der Waals surface area contributed by atoms with E-state index in [1.165, 1.54) is 10.6 Å². The monoisotopic (exact) mass is 398 g/mol. The lowest BCUT2D eigenvalue weighted by Crippen LogP contribution is -2.24. The molecule has 0 heterocycles. The lowest BCUT2D eigenvalue weighted by Gasteiger charge is -2.24. The number of hydrogen-bond acceptors (Lipinski definition) is 3. The highest BCUT2D eigenvalue weighted by atomic mass is 32.4. The minimum atomic E-state index is -2.11. The molecule has 0 N–H and O–H groups in total. The Morgan fingerprint density at radius 3 is 1.25 bits per heavy atom. The third kappa shape index (κ3) is 3.87. The topological polar surface area (TPSA) is 24.7 Å². The van der Waals surface area contributed by atoms with Crippen LogP contribution in [0.1, 0.15) is 0 Å². The normalized spacial score (nSPS) is 11.6. The molecular formula is C24H19N2PS. The van der Waals surface area contributed by atoms with Gasteiger partial charge in [0.2, 0.25) is 0 Å². The molecule has 0 aliphatic rings. The SMILES string of the molecule is S=P(c1ccccc1)(c1ccccc1)c1ccc(N=Nc2ccccc2)cc1. The van der Waals surface area contributed by atoms with E-state index in [1.807, 2.05) is 54.6 Å². The van der Waals surface area contributed by atoms with Gasteiger partial charge in [-0.2, -0.15) is 10.2 Å². The summed E-state index contributed by atoms with van der Waals surface area (Å²) in [6.07, 6.45) is 0. The number of benzene rings is 4. The van der Waals surface area contributed by atoms with Gasteiger partial charge >= 0.3 is 0 Å². The third-order valence-electron chi connectivity index (χ3n) is 4.49. The van der Waals surface area contributed by atoms with Crippen molar-refractivity contribution in [3.63, 3.8) is 0 Å². The molecule has 0 amide bonds. The summed E-state index contributed by atoms with van der Waals surface area (Å²) in [4.78, 5) is 0. The van der Waals surface area contributed by atoms with E-state index in [1.54, 1.807) is 0 Å². The van der Waals surface area contributed by atoms with Gasteiger partial charge in [0.05, 0.1) is 11.4 Å².